The Hall–Kier alpha value is -2.15. The molecule has 1 N–H and O–H groups in total. The van der Waals surface area contributed by atoms with E-state index < -0.39 is 9.84 Å². The summed E-state index contributed by atoms with van der Waals surface area (Å²) in [7, 11) is -3.58. The predicted octanol–water partition coefficient (Wildman–Crippen LogP) is 3.91. The highest BCUT2D eigenvalue weighted by Gasteiger charge is 2.20. The van der Waals surface area contributed by atoms with Crippen LogP contribution in [-0.2, 0) is 9.84 Å². The summed E-state index contributed by atoms with van der Waals surface area (Å²) in [5, 5.41) is 5.28. The summed E-state index contributed by atoms with van der Waals surface area (Å²) in [6, 6.07) is 12.6. The van der Waals surface area contributed by atoms with Crippen molar-refractivity contribution in [1.82, 2.24) is 10.3 Å². The molecular weight excluding hydrogens is 406 g/mol. The summed E-state index contributed by atoms with van der Waals surface area (Å²) in [4.78, 5) is 7.49. The van der Waals surface area contributed by atoms with Gasteiger partial charge in [-0.3, -0.25) is 0 Å². The van der Waals surface area contributed by atoms with E-state index in [9.17, 15) is 8.42 Å². The fourth-order valence-electron chi connectivity index (χ4n) is 3.63. The van der Waals surface area contributed by atoms with E-state index >= 15 is 0 Å². The summed E-state index contributed by atoms with van der Waals surface area (Å²) in [6.07, 6.45) is 2.84. The van der Waals surface area contributed by atoms with Gasteiger partial charge in [-0.25, -0.2) is 13.4 Å². The van der Waals surface area contributed by atoms with Crippen molar-refractivity contribution in [1.29, 1.82) is 0 Å². The fraction of sp³-hybridized carbons (Fsp3) is 0.318. The van der Waals surface area contributed by atoms with Crippen LogP contribution in [-0.4, -0.2) is 39.6 Å². The molecule has 1 aliphatic heterocycles. The molecule has 2 aromatic carbocycles. The maximum absolute atomic E-state index is 13.2. The molecule has 154 valence electrons. The van der Waals surface area contributed by atoms with E-state index in [1.165, 1.54) is 0 Å². The number of nitrogens with one attached hydrogen (secondary N) is 1. The van der Waals surface area contributed by atoms with E-state index in [1.807, 2.05) is 32.0 Å². The number of pyridine rings is 1. The zero-order chi connectivity index (χ0) is 19.7. The average molecular weight is 432 g/mol. The van der Waals surface area contributed by atoms with Crippen LogP contribution in [0.15, 0.2) is 58.5 Å². The Bertz CT molecular complexity index is 1120. The molecule has 5 nitrogen and oxygen atoms in total. The van der Waals surface area contributed by atoms with Crippen molar-refractivity contribution in [2.24, 2.45) is 0 Å². The third-order valence-corrected chi connectivity index (χ3v) is 7.20. The first-order chi connectivity index (χ1) is 13.5. The molecule has 1 fully saturated rings. The minimum atomic E-state index is -3.58. The van der Waals surface area contributed by atoms with E-state index in [-0.39, 0.29) is 12.4 Å². The maximum Gasteiger partial charge on any atom is 0.206 e. The molecule has 0 radical (unpaired) electrons. The van der Waals surface area contributed by atoms with Gasteiger partial charge in [-0.15, -0.1) is 12.4 Å². The van der Waals surface area contributed by atoms with Gasteiger partial charge < -0.3 is 10.2 Å². The van der Waals surface area contributed by atoms with Crippen LogP contribution in [0.2, 0.25) is 0 Å². The number of hydrogen-bond donors (Lipinski definition) is 1. The van der Waals surface area contributed by atoms with Gasteiger partial charge in [0.05, 0.1) is 9.79 Å². The maximum atomic E-state index is 13.2. The van der Waals surface area contributed by atoms with Crippen molar-refractivity contribution in [2.75, 3.05) is 31.1 Å². The first kappa shape index (κ1) is 21.6. The minimum Gasteiger partial charge on any atom is -0.355 e. The summed E-state index contributed by atoms with van der Waals surface area (Å²) >= 11 is 0. The van der Waals surface area contributed by atoms with Crippen LogP contribution < -0.4 is 10.2 Å². The number of aromatic nitrogens is 1. The lowest BCUT2D eigenvalue weighted by Gasteiger charge is -2.22. The number of hydrogen-bond acceptors (Lipinski definition) is 5. The van der Waals surface area contributed by atoms with E-state index in [4.69, 9.17) is 0 Å². The molecular formula is C22H26ClN3O2S. The average Bonchev–Trinajstić information content (AvgIpc) is 2.98. The SMILES string of the molecule is Cc1ccc(S(=O)(=O)c2ccc3ccnc(N4CCCNCC4)c3c2)cc1C.Cl. The second kappa shape index (κ2) is 8.69. The van der Waals surface area contributed by atoms with Gasteiger partial charge in [0, 0.05) is 31.2 Å². The van der Waals surface area contributed by atoms with Gasteiger partial charge in [-0.2, -0.15) is 0 Å². The Morgan fingerprint density at radius 1 is 0.931 bits per heavy atom. The van der Waals surface area contributed by atoms with Crippen molar-refractivity contribution >= 4 is 38.8 Å². The number of rotatable bonds is 3. The zero-order valence-electron chi connectivity index (χ0n) is 16.7. The summed E-state index contributed by atoms with van der Waals surface area (Å²) in [5.41, 5.74) is 2.06. The van der Waals surface area contributed by atoms with E-state index in [2.05, 4.69) is 15.2 Å². The number of nitrogens with zero attached hydrogens (tertiary/aromatic N) is 2. The summed E-state index contributed by atoms with van der Waals surface area (Å²) < 4.78 is 26.5. The molecule has 0 unspecified atom stereocenters. The number of sulfone groups is 1. The molecule has 1 aliphatic rings. The molecule has 0 aliphatic carbocycles. The molecule has 0 saturated carbocycles. The van der Waals surface area contributed by atoms with Crippen LogP contribution in [0, 0.1) is 13.8 Å². The van der Waals surface area contributed by atoms with Gasteiger partial charge in [0.1, 0.15) is 5.82 Å². The Balaban J connectivity index is 0.00000240. The number of benzene rings is 2. The van der Waals surface area contributed by atoms with Gasteiger partial charge in [-0.05, 0) is 73.7 Å². The van der Waals surface area contributed by atoms with Gasteiger partial charge in [0.25, 0.3) is 0 Å². The van der Waals surface area contributed by atoms with Crippen molar-refractivity contribution in [2.45, 2.75) is 30.1 Å². The minimum absolute atomic E-state index is 0. The lowest BCUT2D eigenvalue weighted by atomic mass is 10.1. The van der Waals surface area contributed by atoms with Gasteiger partial charge in [-0.1, -0.05) is 12.1 Å². The summed E-state index contributed by atoms with van der Waals surface area (Å²) in [5.74, 6) is 0.860. The van der Waals surface area contributed by atoms with E-state index in [1.54, 1.807) is 30.5 Å². The van der Waals surface area contributed by atoms with Crippen molar-refractivity contribution in [3.05, 3.63) is 59.8 Å². The highest BCUT2D eigenvalue weighted by Crippen LogP contribution is 2.30. The Labute approximate surface area is 178 Å². The molecule has 2 heterocycles. The number of halogens is 1. The first-order valence-corrected chi connectivity index (χ1v) is 11.1. The quantitative estimate of drug-likeness (QED) is 0.681. The summed E-state index contributed by atoms with van der Waals surface area (Å²) in [6.45, 7) is 7.58. The molecule has 3 aromatic rings. The van der Waals surface area contributed by atoms with Crippen LogP contribution >= 0.6 is 12.4 Å². The molecule has 0 spiro atoms. The smallest absolute Gasteiger partial charge is 0.206 e. The molecule has 1 aromatic heterocycles. The number of anilines is 1. The molecule has 1 saturated heterocycles. The van der Waals surface area contributed by atoms with Gasteiger partial charge in [0.2, 0.25) is 9.84 Å². The third-order valence-electron chi connectivity index (χ3n) is 5.46. The molecule has 0 amide bonds. The van der Waals surface area contributed by atoms with Crippen LogP contribution in [0.4, 0.5) is 5.82 Å². The largest absolute Gasteiger partial charge is 0.355 e. The van der Waals surface area contributed by atoms with Crippen LogP contribution in [0.1, 0.15) is 17.5 Å². The highest BCUT2D eigenvalue weighted by molar-refractivity contribution is 7.91. The number of fused-ring (bicyclic) bond motifs is 1. The second-order valence-corrected chi connectivity index (χ2v) is 9.31. The first-order valence-electron chi connectivity index (χ1n) is 9.63. The highest BCUT2D eigenvalue weighted by atomic mass is 35.5. The van der Waals surface area contributed by atoms with E-state index in [0.717, 1.165) is 60.3 Å². The topological polar surface area (TPSA) is 62.3 Å². The van der Waals surface area contributed by atoms with Crippen molar-refractivity contribution in [3.8, 4) is 0 Å². The van der Waals surface area contributed by atoms with Crippen molar-refractivity contribution < 1.29 is 8.42 Å². The molecule has 0 atom stereocenters. The van der Waals surface area contributed by atoms with E-state index in [0.29, 0.717) is 9.79 Å². The third kappa shape index (κ3) is 4.25. The Morgan fingerprint density at radius 2 is 1.69 bits per heavy atom. The van der Waals surface area contributed by atoms with Gasteiger partial charge >= 0.3 is 0 Å². The number of aryl methyl sites for hydroxylation is 2. The molecule has 7 heteroatoms. The zero-order valence-corrected chi connectivity index (χ0v) is 18.3. The predicted molar refractivity (Wildman–Crippen MR) is 120 cm³/mol. The second-order valence-electron chi connectivity index (χ2n) is 7.36. The lowest BCUT2D eigenvalue weighted by Crippen LogP contribution is -2.28. The lowest BCUT2D eigenvalue weighted by molar-refractivity contribution is 0.596. The Kier molecular flexibility index (Phi) is 6.46. The molecule has 4 rings (SSSR count). The fourth-order valence-corrected chi connectivity index (χ4v) is 5.00. The monoisotopic (exact) mass is 431 g/mol. The van der Waals surface area contributed by atoms with Gasteiger partial charge in [0.15, 0.2) is 0 Å². The molecule has 29 heavy (non-hydrogen) atoms. The Morgan fingerprint density at radius 3 is 2.48 bits per heavy atom. The van der Waals surface area contributed by atoms with Crippen LogP contribution in [0.3, 0.4) is 0 Å². The standard InChI is InChI=1S/C22H25N3O2S.ClH/c1-16-4-6-19(14-17(16)2)28(26,27)20-7-5-18-8-10-24-22(21(18)15-20)25-12-3-9-23-11-13-25;/h4-8,10,14-15,23H,3,9,11-13H2,1-2H3;1H. The van der Waals surface area contributed by atoms with Crippen LogP contribution in [0.25, 0.3) is 10.8 Å². The van der Waals surface area contributed by atoms with Crippen molar-refractivity contribution in [3.63, 3.8) is 0 Å². The van der Waals surface area contributed by atoms with Crippen LogP contribution in [0.5, 0.6) is 0 Å². The molecule has 0 bridgehead atoms. The normalized spacial score (nSPS) is 15.0.